The van der Waals surface area contributed by atoms with Crippen LogP contribution in [0.25, 0.3) is 0 Å². The fourth-order valence-corrected chi connectivity index (χ4v) is 4.03. The largest absolute Gasteiger partial charge is 0.313 e. The van der Waals surface area contributed by atoms with Crippen molar-refractivity contribution in [2.75, 3.05) is 26.2 Å². The van der Waals surface area contributed by atoms with Gasteiger partial charge in [-0.1, -0.05) is 40.0 Å². The van der Waals surface area contributed by atoms with E-state index in [-0.39, 0.29) is 0 Å². The molecular formula is C18H36N2. The molecule has 2 fully saturated rings. The third-order valence-electron chi connectivity index (χ3n) is 5.34. The molecule has 1 heterocycles. The van der Waals surface area contributed by atoms with Crippen molar-refractivity contribution in [3.8, 4) is 0 Å². The Balaban J connectivity index is 1.76. The molecule has 0 aromatic carbocycles. The number of nitrogens with one attached hydrogen (secondary N) is 1. The summed E-state index contributed by atoms with van der Waals surface area (Å²) in [7, 11) is 0. The first-order valence-electron chi connectivity index (χ1n) is 9.13. The SMILES string of the molecule is CCC1CC(NCCC(C)C)CN(CC2CCCC2)C1. The van der Waals surface area contributed by atoms with Crippen molar-refractivity contribution in [2.45, 2.75) is 71.8 Å². The van der Waals surface area contributed by atoms with E-state index in [1.807, 2.05) is 0 Å². The van der Waals surface area contributed by atoms with Gasteiger partial charge in [0.2, 0.25) is 0 Å². The minimum atomic E-state index is 0.744. The van der Waals surface area contributed by atoms with Gasteiger partial charge in [-0.05, 0) is 50.0 Å². The van der Waals surface area contributed by atoms with E-state index in [0.717, 1.165) is 23.8 Å². The van der Waals surface area contributed by atoms with Crippen molar-refractivity contribution in [2.24, 2.45) is 17.8 Å². The molecule has 0 bridgehead atoms. The number of rotatable bonds is 7. The van der Waals surface area contributed by atoms with E-state index in [1.54, 1.807) is 0 Å². The van der Waals surface area contributed by atoms with Crippen LogP contribution in [0.1, 0.15) is 65.7 Å². The smallest absolute Gasteiger partial charge is 0.0198 e. The summed E-state index contributed by atoms with van der Waals surface area (Å²) in [6.45, 7) is 12.2. The lowest BCUT2D eigenvalue weighted by atomic mass is 9.91. The molecule has 2 nitrogen and oxygen atoms in total. The molecule has 1 aliphatic carbocycles. The van der Waals surface area contributed by atoms with Crippen LogP contribution in [0.4, 0.5) is 0 Å². The van der Waals surface area contributed by atoms with Crippen LogP contribution in [0.5, 0.6) is 0 Å². The Morgan fingerprint density at radius 1 is 1.10 bits per heavy atom. The zero-order valence-corrected chi connectivity index (χ0v) is 14.0. The van der Waals surface area contributed by atoms with Gasteiger partial charge in [0, 0.05) is 25.7 Å². The predicted octanol–water partition coefficient (Wildman–Crippen LogP) is 3.91. The molecule has 118 valence electrons. The van der Waals surface area contributed by atoms with Gasteiger partial charge in [0.25, 0.3) is 0 Å². The van der Waals surface area contributed by atoms with Gasteiger partial charge in [-0.3, -0.25) is 0 Å². The van der Waals surface area contributed by atoms with Crippen LogP contribution < -0.4 is 5.32 Å². The van der Waals surface area contributed by atoms with Crippen LogP contribution in [0, 0.1) is 17.8 Å². The highest BCUT2D eigenvalue weighted by Gasteiger charge is 2.28. The molecule has 0 aromatic heterocycles. The van der Waals surface area contributed by atoms with Crippen LogP contribution in [-0.4, -0.2) is 37.1 Å². The second-order valence-corrected chi connectivity index (χ2v) is 7.71. The van der Waals surface area contributed by atoms with Crippen molar-refractivity contribution in [3.05, 3.63) is 0 Å². The zero-order chi connectivity index (χ0) is 14.4. The van der Waals surface area contributed by atoms with Gasteiger partial charge in [-0.15, -0.1) is 0 Å². The lowest BCUT2D eigenvalue weighted by Crippen LogP contribution is -2.50. The number of nitrogens with zero attached hydrogens (tertiary/aromatic N) is 1. The minimum absolute atomic E-state index is 0.744. The van der Waals surface area contributed by atoms with Crippen LogP contribution >= 0.6 is 0 Å². The third kappa shape index (κ3) is 5.37. The van der Waals surface area contributed by atoms with Gasteiger partial charge >= 0.3 is 0 Å². The van der Waals surface area contributed by atoms with Gasteiger partial charge < -0.3 is 10.2 Å². The number of hydrogen-bond donors (Lipinski definition) is 1. The summed E-state index contributed by atoms with van der Waals surface area (Å²) in [5.74, 6) is 2.74. The molecule has 1 saturated heterocycles. The highest BCUT2D eigenvalue weighted by molar-refractivity contribution is 4.85. The summed E-state index contributed by atoms with van der Waals surface area (Å²) < 4.78 is 0. The maximum Gasteiger partial charge on any atom is 0.0198 e. The molecule has 1 aliphatic heterocycles. The van der Waals surface area contributed by atoms with Gasteiger partial charge in [0.1, 0.15) is 0 Å². The first-order valence-corrected chi connectivity index (χ1v) is 9.13. The van der Waals surface area contributed by atoms with Crippen LogP contribution in [0.2, 0.25) is 0 Å². The topological polar surface area (TPSA) is 15.3 Å². The minimum Gasteiger partial charge on any atom is -0.313 e. The fourth-order valence-electron chi connectivity index (χ4n) is 4.03. The van der Waals surface area contributed by atoms with Gasteiger partial charge in [0.15, 0.2) is 0 Å². The standard InChI is InChI=1S/C18H36N2/c1-4-16-11-18(19-10-9-15(2)3)14-20(12-16)13-17-7-5-6-8-17/h15-19H,4-14H2,1-3H3. The highest BCUT2D eigenvalue weighted by atomic mass is 15.2. The molecule has 0 aromatic rings. The molecule has 20 heavy (non-hydrogen) atoms. The van der Waals surface area contributed by atoms with E-state index in [4.69, 9.17) is 0 Å². The molecule has 0 amide bonds. The summed E-state index contributed by atoms with van der Waals surface area (Å²) in [6, 6.07) is 0.744. The highest BCUT2D eigenvalue weighted by Crippen LogP contribution is 2.28. The first kappa shape index (κ1) is 16.3. The van der Waals surface area contributed by atoms with Crippen LogP contribution in [0.3, 0.4) is 0 Å². The van der Waals surface area contributed by atoms with Crippen molar-refractivity contribution in [3.63, 3.8) is 0 Å². The number of hydrogen-bond acceptors (Lipinski definition) is 2. The summed E-state index contributed by atoms with van der Waals surface area (Å²) in [4.78, 5) is 2.78. The van der Waals surface area contributed by atoms with Gasteiger partial charge in [0.05, 0.1) is 0 Å². The number of likely N-dealkylation sites (tertiary alicyclic amines) is 1. The maximum absolute atomic E-state index is 3.83. The average Bonchev–Trinajstić information content (AvgIpc) is 2.91. The number of piperidine rings is 1. The van der Waals surface area contributed by atoms with Crippen molar-refractivity contribution < 1.29 is 0 Å². The second-order valence-electron chi connectivity index (χ2n) is 7.71. The molecule has 2 rings (SSSR count). The summed E-state index contributed by atoms with van der Waals surface area (Å²) >= 11 is 0. The van der Waals surface area contributed by atoms with E-state index in [9.17, 15) is 0 Å². The molecule has 0 spiro atoms. The molecule has 2 unspecified atom stereocenters. The van der Waals surface area contributed by atoms with E-state index in [2.05, 4.69) is 31.0 Å². The van der Waals surface area contributed by atoms with Crippen molar-refractivity contribution >= 4 is 0 Å². The molecule has 2 atom stereocenters. The van der Waals surface area contributed by atoms with E-state index >= 15 is 0 Å². The summed E-state index contributed by atoms with van der Waals surface area (Å²) in [6.07, 6.45) is 9.99. The van der Waals surface area contributed by atoms with Crippen molar-refractivity contribution in [1.29, 1.82) is 0 Å². The molecule has 0 radical (unpaired) electrons. The third-order valence-corrected chi connectivity index (χ3v) is 5.34. The first-order chi connectivity index (χ1) is 9.67. The average molecular weight is 280 g/mol. The Labute approximate surface area is 126 Å². The summed E-state index contributed by atoms with van der Waals surface area (Å²) in [5, 5.41) is 3.83. The Morgan fingerprint density at radius 2 is 1.85 bits per heavy atom. The monoisotopic (exact) mass is 280 g/mol. The fraction of sp³-hybridized carbons (Fsp3) is 1.00. The normalized spacial score (nSPS) is 29.4. The van der Waals surface area contributed by atoms with E-state index < -0.39 is 0 Å². The molecular weight excluding hydrogens is 244 g/mol. The van der Waals surface area contributed by atoms with Gasteiger partial charge in [-0.25, -0.2) is 0 Å². The van der Waals surface area contributed by atoms with Crippen molar-refractivity contribution in [1.82, 2.24) is 10.2 Å². The maximum atomic E-state index is 3.83. The lowest BCUT2D eigenvalue weighted by Gasteiger charge is -2.39. The van der Waals surface area contributed by atoms with Gasteiger partial charge in [-0.2, -0.15) is 0 Å². The Morgan fingerprint density at radius 3 is 2.50 bits per heavy atom. The predicted molar refractivity (Wildman–Crippen MR) is 88.0 cm³/mol. The second kappa shape index (κ2) is 8.38. The molecule has 2 aliphatic rings. The lowest BCUT2D eigenvalue weighted by molar-refractivity contribution is 0.120. The van der Waals surface area contributed by atoms with Crippen LogP contribution in [0.15, 0.2) is 0 Å². The van der Waals surface area contributed by atoms with Crippen LogP contribution in [-0.2, 0) is 0 Å². The zero-order valence-electron chi connectivity index (χ0n) is 14.0. The molecule has 1 N–H and O–H groups in total. The quantitative estimate of drug-likeness (QED) is 0.760. The molecule has 1 saturated carbocycles. The summed E-state index contributed by atoms with van der Waals surface area (Å²) in [5.41, 5.74) is 0. The van der Waals surface area contributed by atoms with E-state index in [1.165, 1.54) is 71.1 Å². The Bertz CT molecular complexity index is 258. The van der Waals surface area contributed by atoms with E-state index in [0.29, 0.717) is 0 Å². The Kier molecular flexibility index (Phi) is 6.83. The molecule has 2 heteroatoms. The Hall–Kier alpha value is -0.0800.